The number of aromatic nitrogens is 1. The molecule has 0 spiro atoms. The average molecular weight is 254 g/mol. The molecular formula is C12H13ClFN3. The highest BCUT2D eigenvalue weighted by molar-refractivity contribution is 5.85. The molecule has 0 aliphatic carbocycles. The maximum absolute atomic E-state index is 12.7. The lowest BCUT2D eigenvalue weighted by Gasteiger charge is -2.08. The molecule has 1 aromatic heterocycles. The van der Waals surface area contributed by atoms with E-state index in [1.807, 2.05) is 0 Å². The minimum atomic E-state index is -0.232. The molecule has 2 rings (SSSR count). The first-order valence-corrected chi connectivity index (χ1v) is 4.93. The summed E-state index contributed by atoms with van der Waals surface area (Å²) in [5.41, 5.74) is 8.17. The van der Waals surface area contributed by atoms with Gasteiger partial charge in [-0.05, 0) is 23.8 Å². The molecule has 0 amide bonds. The van der Waals surface area contributed by atoms with Crippen LogP contribution < -0.4 is 11.1 Å². The van der Waals surface area contributed by atoms with Crippen molar-refractivity contribution in [3.8, 4) is 0 Å². The number of rotatable bonds is 3. The van der Waals surface area contributed by atoms with Gasteiger partial charge >= 0.3 is 0 Å². The van der Waals surface area contributed by atoms with Crippen molar-refractivity contribution in [1.29, 1.82) is 0 Å². The molecule has 1 aromatic carbocycles. The van der Waals surface area contributed by atoms with Crippen LogP contribution in [0.4, 0.5) is 15.8 Å². The monoisotopic (exact) mass is 253 g/mol. The molecule has 0 atom stereocenters. The summed E-state index contributed by atoms with van der Waals surface area (Å²) in [6, 6.07) is 8.06. The Morgan fingerprint density at radius 1 is 1.18 bits per heavy atom. The summed E-state index contributed by atoms with van der Waals surface area (Å²) in [6.07, 6.45) is 3.30. The van der Waals surface area contributed by atoms with E-state index in [-0.39, 0.29) is 18.2 Å². The Kier molecular flexibility index (Phi) is 4.72. The van der Waals surface area contributed by atoms with Gasteiger partial charge in [0, 0.05) is 12.7 Å². The SMILES string of the molecule is Cl.Nc1ccncc1NCc1ccc(F)cc1. The average Bonchev–Trinajstić information content (AvgIpc) is 2.30. The van der Waals surface area contributed by atoms with Crippen molar-refractivity contribution < 1.29 is 4.39 Å². The first-order valence-electron chi connectivity index (χ1n) is 4.93. The molecule has 3 N–H and O–H groups in total. The fourth-order valence-corrected chi connectivity index (χ4v) is 1.35. The summed E-state index contributed by atoms with van der Waals surface area (Å²) in [7, 11) is 0. The molecule has 3 nitrogen and oxygen atoms in total. The smallest absolute Gasteiger partial charge is 0.123 e. The third-order valence-electron chi connectivity index (χ3n) is 2.25. The third kappa shape index (κ3) is 3.60. The van der Waals surface area contributed by atoms with Crippen LogP contribution in [0.1, 0.15) is 5.56 Å². The zero-order valence-electron chi connectivity index (χ0n) is 9.06. The van der Waals surface area contributed by atoms with Crippen LogP contribution in [0.5, 0.6) is 0 Å². The molecule has 0 saturated heterocycles. The van der Waals surface area contributed by atoms with E-state index in [4.69, 9.17) is 5.73 Å². The molecule has 90 valence electrons. The van der Waals surface area contributed by atoms with E-state index in [0.29, 0.717) is 12.2 Å². The van der Waals surface area contributed by atoms with Gasteiger partial charge in [0.05, 0.1) is 17.6 Å². The Bertz CT molecular complexity index is 473. The number of anilines is 2. The molecule has 0 saturated carbocycles. The maximum atomic E-state index is 12.7. The van der Waals surface area contributed by atoms with Gasteiger partial charge in [-0.2, -0.15) is 0 Å². The van der Waals surface area contributed by atoms with Gasteiger partial charge in [0.1, 0.15) is 5.82 Å². The van der Waals surface area contributed by atoms with Crippen LogP contribution in [-0.4, -0.2) is 4.98 Å². The topological polar surface area (TPSA) is 50.9 Å². The molecular weight excluding hydrogens is 241 g/mol. The Balaban J connectivity index is 0.00000144. The van der Waals surface area contributed by atoms with Crippen molar-refractivity contribution in [2.75, 3.05) is 11.1 Å². The number of benzene rings is 1. The molecule has 0 aliphatic rings. The number of halogens is 2. The van der Waals surface area contributed by atoms with Crippen LogP contribution in [-0.2, 0) is 6.54 Å². The van der Waals surface area contributed by atoms with Gasteiger partial charge < -0.3 is 11.1 Å². The molecule has 0 aliphatic heterocycles. The molecule has 2 aromatic rings. The molecule has 0 bridgehead atoms. The van der Waals surface area contributed by atoms with Crippen molar-refractivity contribution in [2.24, 2.45) is 0 Å². The number of nitrogens with one attached hydrogen (secondary N) is 1. The summed E-state index contributed by atoms with van der Waals surface area (Å²) in [4.78, 5) is 3.97. The lowest BCUT2D eigenvalue weighted by molar-refractivity contribution is 0.627. The highest BCUT2D eigenvalue weighted by atomic mass is 35.5. The first kappa shape index (κ1) is 13.3. The predicted octanol–water partition coefficient (Wildman–Crippen LogP) is 2.84. The molecule has 0 fully saturated rings. The largest absolute Gasteiger partial charge is 0.397 e. The summed E-state index contributed by atoms with van der Waals surface area (Å²) >= 11 is 0. The second-order valence-corrected chi connectivity index (χ2v) is 3.44. The Labute approximate surface area is 105 Å². The van der Waals surface area contributed by atoms with Crippen molar-refractivity contribution in [3.05, 3.63) is 54.1 Å². The molecule has 1 heterocycles. The van der Waals surface area contributed by atoms with Crippen LogP contribution >= 0.6 is 12.4 Å². The van der Waals surface area contributed by atoms with E-state index >= 15 is 0 Å². The van der Waals surface area contributed by atoms with Gasteiger partial charge in [0.25, 0.3) is 0 Å². The van der Waals surface area contributed by atoms with Crippen molar-refractivity contribution in [2.45, 2.75) is 6.54 Å². The number of nitrogen functional groups attached to an aromatic ring is 1. The van der Waals surface area contributed by atoms with Crippen LogP contribution in [0.3, 0.4) is 0 Å². The van der Waals surface area contributed by atoms with Gasteiger partial charge in [0.15, 0.2) is 0 Å². The van der Waals surface area contributed by atoms with Crippen molar-refractivity contribution in [1.82, 2.24) is 4.98 Å². The fraction of sp³-hybridized carbons (Fsp3) is 0.0833. The van der Waals surface area contributed by atoms with E-state index in [9.17, 15) is 4.39 Å². The summed E-state index contributed by atoms with van der Waals surface area (Å²) in [5, 5.41) is 3.14. The Morgan fingerprint density at radius 3 is 2.53 bits per heavy atom. The molecule has 5 heteroatoms. The highest BCUT2D eigenvalue weighted by Gasteiger charge is 1.98. The molecule has 17 heavy (non-hydrogen) atoms. The van der Waals surface area contributed by atoms with E-state index in [0.717, 1.165) is 11.3 Å². The predicted molar refractivity (Wildman–Crippen MR) is 69.6 cm³/mol. The standard InChI is InChI=1S/C12H12FN3.ClH/c13-10-3-1-9(2-4-10)7-16-12-8-15-6-5-11(12)14;/h1-6,8,16H,7H2,(H2,14,15);1H. The highest BCUT2D eigenvalue weighted by Crippen LogP contribution is 2.16. The lowest BCUT2D eigenvalue weighted by atomic mass is 10.2. The number of hydrogen-bond donors (Lipinski definition) is 2. The second-order valence-electron chi connectivity index (χ2n) is 3.44. The summed E-state index contributed by atoms with van der Waals surface area (Å²) < 4.78 is 12.7. The Hall–Kier alpha value is -1.81. The maximum Gasteiger partial charge on any atom is 0.123 e. The quantitative estimate of drug-likeness (QED) is 0.884. The molecule has 0 unspecified atom stereocenters. The van der Waals surface area contributed by atoms with E-state index < -0.39 is 0 Å². The van der Waals surface area contributed by atoms with Crippen LogP contribution in [0, 0.1) is 5.82 Å². The lowest BCUT2D eigenvalue weighted by Crippen LogP contribution is -2.02. The van der Waals surface area contributed by atoms with Crippen LogP contribution in [0.25, 0.3) is 0 Å². The minimum absolute atomic E-state index is 0. The van der Waals surface area contributed by atoms with E-state index in [1.54, 1.807) is 30.6 Å². The van der Waals surface area contributed by atoms with Gasteiger partial charge in [-0.1, -0.05) is 12.1 Å². The van der Waals surface area contributed by atoms with E-state index in [2.05, 4.69) is 10.3 Å². The number of pyridine rings is 1. The number of nitrogens with zero attached hydrogens (tertiary/aromatic N) is 1. The summed E-state index contributed by atoms with van der Waals surface area (Å²) in [6.45, 7) is 0.593. The van der Waals surface area contributed by atoms with Crippen LogP contribution in [0.2, 0.25) is 0 Å². The third-order valence-corrected chi connectivity index (χ3v) is 2.25. The second kappa shape index (κ2) is 6.06. The first-order chi connectivity index (χ1) is 7.75. The minimum Gasteiger partial charge on any atom is -0.397 e. The Morgan fingerprint density at radius 2 is 1.88 bits per heavy atom. The number of hydrogen-bond acceptors (Lipinski definition) is 3. The van der Waals surface area contributed by atoms with Gasteiger partial charge in [-0.25, -0.2) is 4.39 Å². The van der Waals surface area contributed by atoms with E-state index in [1.165, 1.54) is 12.1 Å². The summed E-state index contributed by atoms with van der Waals surface area (Å²) in [5.74, 6) is -0.232. The van der Waals surface area contributed by atoms with Gasteiger partial charge in [-0.15, -0.1) is 12.4 Å². The van der Waals surface area contributed by atoms with Gasteiger partial charge in [0.2, 0.25) is 0 Å². The number of nitrogens with two attached hydrogens (primary N) is 1. The van der Waals surface area contributed by atoms with Crippen molar-refractivity contribution in [3.63, 3.8) is 0 Å². The normalized spacial score (nSPS) is 9.47. The zero-order valence-corrected chi connectivity index (χ0v) is 9.88. The van der Waals surface area contributed by atoms with Gasteiger partial charge in [-0.3, -0.25) is 4.98 Å². The molecule has 0 radical (unpaired) electrons. The van der Waals surface area contributed by atoms with Crippen molar-refractivity contribution >= 4 is 23.8 Å². The fourth-order valence-electron chi connectivity index (χ4n) is 1.35. The van der Waals surface area contributed by atoms with Crippen LogP contribution in [0.15, 0.2) is 42.7 Å². The zero-order chi connectivity index (χ0) is 11.4.